The molecular weight excluding hydrogens is 781 g/mol. The molecule has 5 heteroatoms. The van der Waals surface area contributed by atoms with E-state index >= 15 is 0 Å². The molecule has 0 fully saturated rings. The molecule has 0 unspecified atom stereocenters. The zero-order valence-electron chi connectivity index (χ0n) is 35.3. The summed E-state index contributed by atoms with van der Waals surface area (Å²) in [4.78, 5) is 15.8. The molecule has 0 aliphatic rings. The van der Waals surface area contributed by atoms with Crippen molar-refractivity contribution < 1.29 is 4.42 Å². The highest BCUT2D eigenvalue weighted by Gasteiger charge is 2.22. The molecule has 64 heavy (non-hydrogen) atoms. The highest BCUT2D eigenvalue weighted by molar-refractivity contribution is 6.14. The van der Waals surface area contributed by atoms with E-state index in [4.69, 9.17) is 19.4 Å². The van der Waals surface area contributed by atoms with Crippen LogP contribution in [0, 0.1) is 13.8 Å². The molecule has 0 bridgehead atoms. The number of fused-ring (bicyclic) bond motifs is 6. The summed E-state index contributed by atoms with van der Waals surface area (Å²) in [5.74, 6) is 1.80. The van der Waals surface area contributed by atoms with Crippen molar-refractivity contribution in [2.24, 2.45) is 0 Å². The van der Waals surface area contributed by atoms with Crippen LogP contribution in [0.15, 0.2) is 211 Å². The van der Waals surface area contributed by atoms with E-state index in [0.29, 0.717) is 17.5 Å². The van der Waals surface area contributed by atoms with Gasteiger partial charge in [0.15, 0.2) is 17.5 Å². The summed E-state index contributed by atoms with van der Waals surface area (Å²) in [5.41, 5.74) is 16.8. The molecule has 0 saturated heterocycles. The van der Waals surface area contributed by atoms with Crippen LogP contribution in [0.4, 0.5) is 0 Å². The largest absolute Gasteiger partial charge is 0.456 e. The van der Waals surface area contributed by atoms with Crippen LogP contribution in [0.3, 0.4) is 0 Å². The quantitative estimate of drug-likeness (QED) is 0.161. The van der Waals surface area contributed by atoms with Gasteiger partial charge in [-0.25, -0.2) is 15.0 Å². The van der Waals surface area contributed by atoms with Crippen LogP contribution in [-0.4, -0.2) is 19.5 Å². The lowest BCUT2D eigenvalue weighted by Gasteiger charge is -2.17. The van der Waals surface area contributed by atoms with E-state index in [1.165, 1.54) is 44.2 Å². The number of furan rings is 1. The predicted octanol–water partition coefficient (Wildman–Crippen LogP) is 15.5. The van der Waals surface area contributed by atoms with Gasteiger partial charge in [-0.15, -0.1) is 0 Å². The Balaban J connectivity index is 1.17. The molecule has 0 atom stereocenters. The summed E-state index contributed by atoms with van der Waals surface area (Å²) in [6, 6.07) is 72.9. The van der Waals surface area contributed by atoms with Crippen LogP contribution in [0.1, 0.15) is 11.1 Å². The van der Waals surface area contributed by atoms with Gasteiger partial charge in [-0.1, -0.05) is 169 Å². The van der Waals surface area contributed by atoms with Crippen LogP contribution >= 0.6 is 0 Å². The molecule has 5 nitrogen and oxygen atoms in total. The van der Waals surface area contributed by atoms with Gasteiger partial charge in [-0.3, -0.25) is 0 Å². The fourth-order valence-corrected chi connectivity index (χ4v) is 9.31. The Kier molecular flexibility index (Phi) is 8.87. The van der Waals surface area contributed by atoms with Crippen molar-refractivity contribution in [3.05, 3.63) is 217 Å². The Labute approximate surface area is 370 Å². The fraction of sp³-hybridized carbons (Fsp3) is 0.0339. The molecule has 302 valence electrons. The second-order valence-corrected chi connectivity index (χ2v) is 16.6. The highest BCUT2D eigenvalue weighted by atomic mass is 16.3. The molecule has 3 aromatic heterocycles. The number of para-hydroxylation sites is 1. The van der Waals surface area contributed by atoms with Crippen LogP contribution in [0.5, 0.6) is 0 Å². The van der Waals surface area contributed by atoms with Crippen molar-refractivity contribution in [2.45, 2.75) is 13.8 Å². The maximum Gasteiger partial charge on any atom is 0.166 e. The van der Waals surface area contributed by atoms with E-state index in [2.05, 4.69) is 170 Å². The van der Waals surface area contributed by atoms with Crippen molar-refractivity contribution in [3.8, 4) is 73.2 Å². The van der Waals surface area contributed by atoms with Crippen molar-refractivity contribution in [1.29, 1.82) is 0 Å². The van der Waals surface area contributed by atoms with Gasteiger partial charge in [-0.2, -0.15) is 0 Å². The average Bonchev–Trinajstić information content (AvgIpc) is 3.89. The van der Waals surface area contributed by atoms with E-state index in [-0.39, 0.29) is 0 Å². The van der Waals surface area contributed by atoms with Gasteiger partial charge in [0, 0.05) is 38.2 Å². The number of aryl methyl sites for hydroxylation is 2. The minimum Gasteiger partial charge on any atom is -0.456 e. The van der Waals surface area contributed by atoms with Gasteiger partial charge in [0.25, 0.3) is 0 Å². The van der Waals surface area contributed by atoms with Gasteiger partial charge < -0.3 is 8.98 Å². The molecule has 0 radical (unpaired) electrons. The summed E-state index contributed by atoms with van der Waals surface area (Å²) in [7, 11) is 0. The first-order valence-corrected chi connectivity index (χ1v) is 21.7. The average molecular weight is 821 g/mol. The first-order chi connectivity index (χ1) is 31.5. The van der Waals surface area contributed by atoms with Crippen molar-refractivity contribution in [2.75, 3.05) is 0 Å². The zero-order valence-corrected chi connectivity index (χ0v) is 35.3. The Bertz CT molecular complexity index is 3590. The van der Waals surface area contributed by atoms with Crippen LogP contribution in [0.25, 0.3) is 117 Å². The van der Waals surface area contributed by atoms with Crippen molar-refractivity contribution in [3.63, 3.8) is 0 Å². The van der Waals surface area contributed by atoms with E-state index in [0.717, 1.165) is 66.5 Å². The summed E-state index contributed by atoms with van der Waals surface area (Å²) in [6.45, 7) is 4.30. The van der Waals surface area contributed by atoms with Gasteiger partial charge in [0.2, 0.25) is 0 Å². The highest BCUT2D eigenvalue weighted by Crippen LogP contribution is 2.43. The maximum absolute atomic E-state index is 6.40. The number of rotatable bonds is 7. The lowest BCUT2D eigenvalue weighted by atomic mass is 9.96. The summed E-state index contributed by atoms with van der Waals surface area (Å²) >= 11 is 0. The zero-order chi connectivity index (χ0) is 42.7. The standard InChI is InChI=1S/C59H40N4O/c1-37-14-11-20-41(32-37)43-26-29-51-48(34-43)49-35-44(42-21-12-15-38(2)33-42)27-30-52(49)63(51)53-31-28-45(46-23-13-25-55-56(46)47-22-9-10-24-54(47)64-55)36-50(53)59-61-57(39-16-5-3-6-17-39)60-58(62-59)40-18-7-4-8-19-40/h3-36H,1-2H3. The molecule has 0 aliphatic carbocycles. The third-order valence-electron chi connectivity index (χ3n) is 12.4. The van der Waals surface area contributed by atoms with Gasteiger partial charge in [0.05, 0.1) is 16.7 Å². The summed E-state index contributed by atoms with van der Waals surface area (Å²) < 4.78 is 8.79. The summed E-state index contributed by atoms with van der Waals surface area (Å²) in [6.07, 6.45) is 0. The van der Waals surface area contributed by atoms with E-state index in [1.807, 2.05) is 54.6 Å². The number of hydrogen-bond donors (Lipinski definition) is 0. The van der Waals surface area contributed by atoms with Crippen LogP contribution < -0.4 is 0 Å². The molecule has 0 spiro atoms. The molecule has 9 aromatic carbocycles. The van der Waals surface area contributed by atoms with Gasteiger partial charge >= 0.3 is 0 Å². The minimum absolute atomic E-state index is 0.580. The van der Waals surface area contributed by atoms with E-state index in [1.54, 1.807) is 0 Å². The van der Waals surface area contributed by atoms with Gasteiger partial charge in [0.1, 0.15) is 11.2 Å². The Morgan fingerprint density at radius 1 is 0.344 bits per heavy atom. The van der Waals surface area contributed by atoms with Crippen LogP contribution in [-0.2, 0) is 0 Å². The third-order valence-corrected chi connectivity index (χ3v) is 12.4. The topological polar surface area (TPSA) is 56.7 Å². The Morgan fingerprint density at radius 2 is 0.844 bits per heavy atom. The lowest BCUT2D eigenvalue weighted by Crippen LogP contribution is -2.04. The lowest BCUT2D eigenvalue weighted by molar-refractivity contribution is 0.669. The molecule has 0 N–H and O–H groups in total. The van der Waals surface area contributed by atoms with Crippen molar-refractivity contribution in [1.82, 2.24) is 19.5 Å². The molecule has 12 aromatic rings. The SMILES string of the molecule is Cc1cccc(-c2ccc3c(c2)c2cc(-c4cccc(C)c4)ccc2n3-c2ccc(-c3cccc4oc5ccccc5c34)cc2-c2nc(-c3ccccc3)nc(-c3ccccc3)n2)c1. The minimum atomic E-state index is 0.580. The predicted molar refractivity (Wildman–Crippen MR) is 264 cm³/mol. The van der Waals surface area contributed by atoms with E-state index in [9.17, 15) is 0 Å². The third kappa shape index (κ3) is 6.45. The molecule has 0 saturated carbocycles. The fourth-order valence-electron chi connectivity index (χ4n) is 9.31. The normalized spacial score (nSPS) is 11.6. The smallest absolute Gasteiger partial charge is 0.166 e. The first kappa shape index (κ1) is 37.4. The number of hydrogen-bond acceptors (Lipinski definition) is 4. The Hall–Kier alpha value is -8.41. The van der Waals surface area contributed by atoms with E-state index < -0.39 is 0 Å². The van der Waals surface area contributed by atoms with Crippen LogP contribution in [0.2, 0.25) is 0 Å². The molecule has 0 amide bonds. The maximum atomic E-state index is 6.40. The Morgan fingerprint density at radius 3 is 1.45 bits per heavy atom. The van der Waals surface area contributed by atoms with Crippen molar-refractivity contribution >= 4 is 43.7 Å². The van der Waals surface area contributed by atoms with Gasteiger partial charge in [-0.05, 0) is 95.8 Å². The number of benzene rings is 9. The molecular formula is C59H40N4O. The first-order valence-electron chi connectivity index (χ1n) is 21.7. The monoisotopic (exact) mass is 820 g/mol. The second-order valence-electron chi connectivity index (χ2n) is 16.6. The summed E-state index contributed by atoms with van der Waals surface area (Å²) in [5, 5.41) is 4.48. The number of aromatic nitrogens is 4. The second kappa shape index (κ2) is 15.2. The molecule has 0 aliphatic heterocycles. The molecule has 12 rings (SSSR count). The molecule has 3 heterocycles. The number of nitrogens with zero attached hydrogens (tertiary/aromatic N) is 4.